The van der Waals surface area contributed by atoms with E-state index in [1.165, 1.54) is 12.0 Å². The Labute approximate surface area is 148 Å². The summed E-state index contributed by atoms with van der Waals surface area (Å²) in [4.78, 5) is 17.0. The molecule has 2 saturated heterocycles. The Balaban J connectivity index is 1.33. The monoisotopic (exact) mass is 339 g/mol. The van der Waals surface area contributed by atoms with Crippen LogP contribution in [0, 0.1) is 5.41 Å². The van der Waals surface area contributed by atoms with Crippen LogP contribution in [0.3, 0.4) is 0 Å². The van der Waals surface area contributed by atoms with E-state index in [1.54, 1.807) is 17.9 Å². The highest BCUT2D eigenvalue weighted by Crippen LogP contribution is 2.40. The normalized spacial score (nSPS) is 20.3. The average molecular weight is 339 g/mol. The Morgan fingerprint density at radius 3 is 2.52 bits per heavy atom. The van der Waals surface area contributed by atoms with E-state index in [-0.39, 0.29) is 5.91 Å². The maximum atomic E-state index is 12.5. The molecule has 3 heterocycles. The van der Waals surface area contributed by atoms with Crippen molar-refractivity contribution in [3.8, 4) is 0 Å². The molecule has 1 spiro atoms. The van der Waals surface area contributed by atoms with Crippen molar-refractivity contribution in [3.05, 3.63) is 47.8 Å². The van der Waals surface area contributed by atoms with Gasteiger partial charge in [-0.3, -0.25) is 14.4 Å². The Kier molecular flexibility index (Phi) is 4.29. The van der Waals surface area contributed by atoms with Gasteiger partial charge in [0, 0.05) is 33.2 Å². The first kappa shape index (κ1) is 16.3. The summed E-state index contributed by atoms with van der Waals surface area (Å²) in [5.41, 5.74) is 2.22. The molecule has 1 aromatic heterocycles. The van der Waals surface area contributed by atoms with Crippen LogP contribution in [0.25, 0.3) is 0 Å². The zero-order valence-corrected chi connectivity index (χ0v) is 14.8. The Bertz CT molecular complexity index is 733. The van der Waals surface area contributed by atoms with Gasteiger partial charge in [0.1, 0.15) is 0 Å². The van der Waals surface area contributed by atoms with E-state index >= 15 is 0 Å². The van der Waals surface area contributed by atoms with Gasteiger partial charge in [-0.2, -0.15) is 0 Å². The molecule has 6 heteroatoms. The number of hydrogen-bond donors (Lipinski definition) is 0. The van der Waals surface area contributed by atoms with Crippen molar-refractivity contribution in [1.82, 2.24) is 24.8 Å². The fraction of sp³-hybridized carbons (Fsp3) is 0.526. The largest absolute Gasteiger partial charge is 0.337 e. The second-order valence-corrected chi connectivity index (χ2v) is 7.52. The maximum absolute atomic E-state index is 12.5. The number of piperidine rings is 1. The first-order valence-electron chi connectivity index (χ1n) is 9.06. The number of rotatable bonds is 3. The fourth-order valence-electron chi connectivity index (χ4n) is 4.20. The van der Waals surface area contributed by atoms with Gasteiger partial charge in [-0.1, -0.05) is 35.5 Å². The van der Waals surface area contributed by atoms with Gasteiger partial charge in [-0.15, -0.1) is 5.10 Å². The van der Waals surface area contributed by atoms with E-state index in [0.29, 0.717) is 11.1 Å². The van der Waals surface area contributed by atoms with E-state index in [9.17, 15) is 4.79 Å². The number of carbonyl (C=O) groups excluding carboxylic acids is 1. The Morgan fingerprint density at radius 1 is 1.12 bits per heavy atom. The molecule has 0 saturated carbocycles. The molecule has 2 fully saturated rings. The smallest absolute Gasteiger partial charge is 0.276 e. The molecule has 132 valence electrons. The van der Waals surface area contributed by atoms with Crippen LogP contribution >= 0.6 is 0 Å². The lowest BCUT2D eigenvalue weighted by molar-refractivity contribution is 0.0582. The number of likely N-dealkylation sites (tertiary alicyclic amines) is 2. The van der Waals surface area contributed by atoms with E-state index in [2.05, 4.69) is 45.5 Å². The molecule has 2 aliphatic heterocycles. The number of aromatic nitrogens is 3. The lowest BCUT2D eigenvalue weighted by atomic mass is 9.77. The molecule has 1 aromatic carbocycles. The molecule has 0 aliphatic carbocycles. The molecule has 2 aliphatic rings. The van der Waals surface area contributed by atoms with Crippen molar-refractivity contribution in [3.63, 3.8) is 0 Å². The third-order valence-corrected chi connectivity index (χ3v) is 5.70. The number of aryl methyl sites for hydroxylation is 1. The SMILES string of the molecule is Cn1cc(C(=O)N2CCC3(CCN(Cc4ccccc4)C3)CC2)nn1. The predicted molar refractivity (Wildman–Crippen MR) is 94.9 cm³/mol. The van der Waals surface area contributed by atoms with Gasteiger partial charge in [-0.05, 0) is 36.8 Å². The molecule has 6 nitrogen and oxygen atoms in total. The van der Waals surface area contributed by atoms with Crippen molar-refractivity contribution < 1.29 is 4.79 Å². The molecule has 0 radical (unpaired) electrons. The molecular weight excluding hydrogens is 314 g/mol. The van der Waals surface area contributed by atoms with Crippen molar-refractivity contribution in [1.29, 1.82) is 0 Å². The molecule has 0 atom stereocenters. The molecule has 0 N–H and O–H groups in total. The predicted octanol–water partition coefficient (Wildman–Crippen LogP) is 1.94. The van der Waals surface area contributed by atoms with E-state index in [0.717, 1.165) is 45.6 Å². The highest BCUT2D eigenvalue weighted by Gasteiger charge is 2.41. The highest BCUT2D eigenvalue weighted by atomic mass is 16.2. The molecular formula is C19H25N5O. The summed E-state index contributed by atoms with van der Waals surface area (Å²) in [5.74, 6) is 0.0158. The first-order chi connectivity index (χ1) is 12.1. The van der Waals surface area contributed by atoms with Gasteiger partial charge in [-0.25, -0.2) is 0 Å². The van der Waals surface area contributed by atoms with Crippen molar-refractivity contribution in [2.45, 2.75) is 25.8 Å². The zero-order valence-electron chi connectivity index (χ0n) is 14.8. The standard InChI is InChI=1S/C19H25N5O/c1-22-14-17(20-21-22)18(25)24-11-8-19(9-12-24)7-10-23(15-19)13-16-5-3-2-4-6-16/h2-6,14H,7-13,15H2,1H3. The van der Waals surface area contributed by atoms with Crippen LogP contribution in [-0.4, -0.2) is 56.9 Å². The number of carbonyl (C=O) groups is 1. The van der Waals surface area contributed by atoms with Crippen LogP contribution in [0.5, 0.6) is 0 Å². The van der Waals surface area contributed by atoms with Gasteiger partial charge in [0.25, 0.3) is 5.91 Å². The molecule has 0 bridgehead atoms. The van der Waals surface area contributed by atoms with Gasteiger partial charge >= 0.3 is 0 Å². The van der Waals surface area contributed by atoms with Crippen molar-refractivity contribution in [2.75, 3.05) is 26.2 Å². The van der Waals surface area contributed by atoms with E-state index < -0.39 is 0 Å². The summed E-state index contributed by atoms with van der Waals surface area (Å²) < 4.78 is 1.58. The van der Waals surface area contributed by atoms with Crippen LogP contribution < -0.4 is 0 Å². The van der Waals surface area contributed by atoms with Crippen molar-refractivity contribution in [2.24, 2.45) is 12.5 Å². The third-order valence-electron chi connectivity index (χ3n) is 5.70. The summed E-state index contributed by atoms with van der Waals surface area (Å²) in [6, 6.07) is 10.7. The van der Waals surface area contributed by atoms with Crippen LogP contribution in [0.4, 0.5) is 0 Å². The number of amides is 1. The molecule has 4 rings (SSSR count). The van der Waals surface area contributed by atoms with Crippen molar-refractivity contribution >= 4 is 5.91 Å². The fourth-order valence-corrected chi connectivity index (χ4v) is 4.20. The van der Waals surface area contributed by atoms with Gasteiger partial charge < -0.3 is 4.90 Å². The zero-order chi connectivity index (χ0) is 17.3. The minimum Gasteiger partial charge on any atom is -0.337 e. The summed E-state index contributed by atoms with van der Waals surface area (Å²) in [6.07, 6.45) is 5.12. The molecule has 1 amide bonds. The number of benzene rings is 1. The number of hydrogen-bond acceptors (Lipinski definition) is 4. The Hall–Kier alpha value is -2.21. The lowest BCUT2D eigenvalue weighted by Gasteiger charge is -2.39. The second kappa shape index (κ2) is 6.59. The van der Waals surface area contributed by atoms with Gasteiger partial charge in [0.2, 0.25) is 0 Å². The van der Waals surface area contributed by atoms with Gasteiger partial charge in [0.15, 0.2) is 5.69 Å². The Morgan fingerprint density at radius 2 is 1.84 bits per heavy atom. The van der Waals surface area contributed by atoms with E-state index in [1.807, 2.05) is 4.90 Å². The summed E-state index contributed by atoms with van der Waals surface area (Å²) >= 11 is 0. The van der Waals surface area contributed by atoms with Crippen LogP contribution in [0.1, 0.15) is 35.3 Å². The molecule has 0 unspecified atom stereocenters. The van der Waals surface area contributed by atoms with E-state index in [4.69, 9.17) is 0 Å². The minimum atomic E-state index is 0.0158. The summed E-state index contributed by atoms with van der Waals surface area (Å²) in [7, 11) is 1.79. The third kappa shape index (κ3) is 3.44. The highest BCUT2D eigenvalue weighted by molar-refractivity contribution is 5.92. The molecule has 2 aromatic rings. The quantitative estimate of drug-likeness (QED) is 0.858. The minimum absolute atomic E-state index is 0.0158. The van der Waals surface area contributed by atoms with Gasteiger partial charge in [0.05, 0.1) is 6.20 Å². The summed E-state index contributed by atoms with van der Waals surface area (Å²) in [6.45, 7) is 5.00. The van der Waals surface area contributed by atoms with Crippen LogP contribution in [0.15, 0.2) is 36.5 Å². The average Bonchev–Trinajstić information content (AvgIpc) is 3.23. The molecule has 25 heavy (non-hydrogen) atoms. The van der Waals surface area contributed by atoms with Crippen LogP contribution in [-0.2, 0) is 13.6 Å². The second-order valence-electron chi connectivity index (χ2n) is 7.52. The summed E-state index contributed by atoms with van der Waals surface area (Å²) in [5, 5.41) is 7.82. The van der Waals surface area contributed by atoms with Crippen LogP contribution in [0.2, 0.25) is 0 Å². The topological polar surface area (TPSA) is 54.3 Å². The number of nitrogens with zero attached hydrogens (tertiary/aromatic N) is 5. The maximum Gasteiger partial charge on any atom is 0.276 e. The lowest BCUT2D eigenvalue weighted by Crippen LogP contribution is -2.44. The first-order valence-corrected chi connectivity index (χ1v) is 9.06.